The van der Waals surface area contributed by atoms with Gasteiger partial charge in [0, 0.05) is 31.7 Å². The summed E-state index contributed by atoms with van der Waals surface area (Å²) in [7, 11) is 0. The van der Waals surface area contributed by atoms with E-state index < -0.39 is 0 Å². The van der Waals surface area contributed by atoms with Gasteiger partial charge in [-0.2, -0.15) is 0 Å². The van der Waals surface area contributed by atoms with Gasteiger partial charge >= 0.3 is 0 Å². The predicted octanol–water partition coefficient (Wildman–Crippen LogP) is 3.04. The first-order chi connectivity index (χ1) is 12.7. The smallest absolute Gasteiger partial charge is 0.191 e. The zero-order chi connectivity index (χ0) is 18.4. The summed E-state index contributed by atoms with van der Waals surface area (Å²) < 4.78 is 2.03. The summed E-state index contributed by atoms with van der Waals surface area (Å²) in [6, 6.07) is 6.49. The van der Waals surface area contributed by atoms with Crippen molar-refractivity contribution in [3.05, 3.63) is 30.2 Å². The van der Waals surface area contributed by atoms with Gasteiger partial charge in [-0.05, 0) is 56.6 Å². The summed E-state index contributed by atoms with van der Waals surface area (Å²) in [5.41, 5.74) is 0.887. The number of pyridine rings is 1. The van der Waals surface area contributed by atoms with Crippen LogP contribution in [0.25, 0.3) is 5.65 Å². The molecule has 0 bridgehead atoms. The largest absolute Gasteiger partial charge is 0.357 e. The molecule has 2 aromatic heterocycles. The first kappa shape index (κ1) is 18.7. The lowest BCUT2D eigenvalue weighted by molar-refractivity contribution is 0.250. The summed E-state index contributed by atoms with van der Waals surface area (Å²) in [6.07, 6.45) is 7.90. The molecule has 0 radical (unpaired) electrons. The Balaban J connectivity index is 1.54. The summed E-state index contributed by atoms with van der Waals surface area (Å²) >= 11 is 0. The summed E-state index contributed by atoms with van der Waals surface area (Å²) in [5.74, 6) is 3.57. The van der Waals surface area contributed by atoms with Crippen LogP contribution in [-0.4, -0.2) is 39.7 Å². The number of fused-ring (bicyclic) bond motifs is 1. The third-order valence-electron chi connectivity index (χ3n) is 5.39. The third kappa shape index (κ3) is 4.74. The van der Waals surface area contributed by atoms with Crippen LogP contribution in [0.1, 0.15) is 52.3 Å². The highest BCUT2D eigenvalue weighted by Gasteiger charge is 2.23. The van der Waals surface area contributed by atoms with Crippen LogP contribution in [0.3, 0.4) is 0 Å². The maximum Gasteiger partial charge on any atom is 0.191 e. The number of rotatable bonds is 6. The molecule has 1 fully saturated rings. The third-order valence-corrected chi connectivity index (χ3v) is 5.39. The Bertz CT molecular complexity index is 712. The second-order valence-electron chi connectivity index (χ2n) is 7.56. The van der Waals surface area contributed by atoms with Crippen molar-refractivity contribution in [2.45, 2.75) is 58.9 Å². The Morgan fingerprint density at radius 2 is 2.04 bits per heavy atom. The SMILES string of the molecule is CCNC(=NCCc1nnc2ccccn12)NC1CCC(C(C)C)CC1. The molecule has 2 N–H and O–H groups in total. The van der Waals surface area contributed by atoms with Crippen LogP contribution in [0.15, 0.2) is 29.4 Å². The Morgan fingerprint density at radius 1 is 1.23 bits per heavy atom. The average Bonchev–Trinajstić information content (AvgIpc) is 3.06. The van der Waals surface area contributed by atoms with Gasteiger partial charge in [-0.3, -0.25) is 9.39 Å². The summed E-state index contributed by atoms with van der Waals surface area (Å²) in [5, 5.41) is 15.5. The van der Waals surface area contributed by atoms with E-state index in [-0.39, 0.29) is 0 Å². The van der Waals surface area contributed by atoms with Crippen LogP contribution in [0.5, 0.6) is 0 Å². The Morgan fingerprint density at radius 3 is 2.77 bits per heavy atom. The van der Waals surface area contributed by atoms with Crippen molar-refractivity contribution in [2.24, 2.45) is 16.8 Å². The van der Waals surface area contributed by atoms with Gasteiger partial charge < -0.3 is 10.6 Å². The molecule has 0 atom stereocenters. The van der Waals surface area contributed by atoms with E-state index in [1.807, 2.05) is 28.8 Å². The number of nitrogens with one attached hydrogen (secondary N) is 2. The maximum atomic E-state index is 4.76. The highest BCUT2D eigenvalue weighted by atomic mass is 15.2. The van der Waals surface area contributed by atoms with Crippen molar-refractivity contribution in [2.75, 3.05) is 13.1 Å². The number of guanidine groups is 1. The number of aromatic nitrogens is 3. The van der Waals surface area contributed by atoms with Crippen LogP contribution in [0.2, 0.25) is 0 Å². The lowest BCUT2D eigenvalue weighted by Gasteiger charge is -2.32. The normalized spacial score (nSPS) is 21.3. The zero-order valence-corrected chi connectivity index (χ0v) is 16.3. The monoisotopic (exact) mass is 356 g/mol. The van der Waals surface area contributed by atoms with Crippen LogP contribution < -0.4 is 10.6 Å². The van der Waals surface area contributed by atoms with E-state index in [9.17, 15) is 0 Å². The van der Waals surface area contributed by atoms with E-state index in [1.165, 1.54) is 25.7 Å². The molecule has 3 rings (SSSR count). The van der Waals surface area contributed by atoms with E-state index in [2.05, 4.69) is 41.6 Å². The lowest BCUT2D eigenvalue weighted by atomic mass is 9.80. The molecule has 0 aliphatic heterocycles. The molecule has 1 aliphatic rings. The summed E-state index contributed by atoms with van der Waals surface area (Å²) in [6.45, 7) is 8.38. The zero-order valence-electron chi connectivity index (χ0n) is 16.3. The van der Waals surface area contributed by atoms with Gasteiger partial charge in [-0.1, -0.05) is 19.9 Å². The van der Waals surface area contributed by atoms with E-state index in [4.69, 9.17) is 4.99 Å². The van der Waals surface area contributed by atoms with Crippen LogP contribution in [0.4, 0.5) is 0 Å². The quantitative estimate of drug-likeness (QED) is 0.617. The highest BCUT2D eigenvalue weighted by molar-refractivity contribution is 5.80. The average molecular weight is 357 g/mol. The van der Waals surface area contributed by atoms with Crippen molar-refractivity contribution in [3.8, 4) is 0 Å². The minimum atomic E-state index is 0.539. The van der Waals surface area contributed by atoms with Gasteiger partial charge in [0.1, 0.15) is 5.82 Å². The Kier molecular flexibility index (Phi) is 6.47. The van der Waals surface area contributed by atoms with Gasteiger partial charge in [-0.25, -0.2) is 0 Å². The maximum absolute atomic E-state index is 4.76. The molecular formula is C20H32N6. The topological polar surface area (TPSA) is 66.6 Å². The van der Waals surface area contributed by atoms with Crippen molar-refractivity contribution in [3.63, 3.8) is 0 Å². The number of hydrogen-bond donors (Lipinski definition) is 2. The molecule has 6 heteroatoms. The molecule has 2 aromatic rings. The molecule has 0 saturated heterocycles. The van der Waals surface area contributed by atoms with Crippen molar-refractivity contribution >= 4 is 11.6 Å². The van der Waals surface area contributed by atoms with Gasteiger partial charge in [0.25, 0.3) is 0 Å². The van der Waals surface area contributed by atoms with Crippen LogP contribution in [0, 0.1) is 11.8 Å². The number of nitrogens with zero attached hydrogens (tertiary/aromatic N) is 4. The molecule has 1 saturated carbocycles. The fraction of sp³-hybridized carbons (Fsp3) is 0.650. The molecule has 6 nitrogen and oxygen atoms in total. The number of hydrogen-bond acceptors (Lipinski definition) is 3. The van der Waals surface area contributed by atoms with E-state index >= 15 is 0 Å². The van der Waals surface area contributed by atoms with Gasteiger partial charge in [-0.15, -0.1) is 10.2 Å². The fourth-order valence-electron chi connectivity index (χ4n) is 3.77. The Hall–Kier alpha value is -2.11. The van der Waals surface area contributed by atoms with Gasteiger partial charge in [0.2, 0.25) is 0 Å². The lowest BCUT2D eigenvalue weighted by Crippen LogP contribution is -2.45. The molecule has 2 heterocycles. The standard InChI is InChI=1S/C20H32N6/c1-4-21-20(23-17-10-8-16(9-11-17)15(2)3)22-13-12-19-25-24-18-7-5-6-14-26(18)19/h5-7,14-17H,4,8-13H2,1-3H3,(H2,21,22,23). The van der Waals surface area contributed by atoms with Crippen LogP contribution in [-0.2, 0) is 6.42 Å². The van der Waals surface area contributed by atoms with Crippen molar-refractivity contribution in [1.82, 2.24) is 25.2 Å². The van der Waals surface area contributed by atoms with E-state index in [1.54, 1.807) is 0 Å². The first-order valence-corrected chi connectivity index (χ1v) is 10.0. The Labute approximate surface area is 156 Å². The second-order valence-corrected chi connectivity index (χ2v) is 7.56. The fourth-order valence-corrected chi connectivity index (χ4v) is 3.77. The van der Waals surface area contributed by atoms with Crippen molar-refractivity contribution < 1.29 is 0 Å². The molecule has 1 aliphatic carbocycles. The minimum absolute atomic E-state index is 0.539. The molecule has 0 spiro atoms. The molecule has 0 amide bonds. The first-order valence-electron chi connectivity index (χ1n) is 10.0. The molecule has 26 heavy (non-hydrogen) atoms. The van der Waals surface area contributed by atoms with E-state index in [0.717, 1.165) is 42.2 Å². The summed E-state index contributed by atoms with van der Waals surface area (Å²) in [4.78, 5) is 4.76. The van der Waals surface area contributed by atoms with Crippen LogP contribution >= 0.6 is 0 Å². The minimum Gasteiger partial charge on any atom is -0.357 e. The van der Waals surface area contributed by atoms with Gasteiger partial charge in [0.05, 0.1) is 0 Å². The molecular weight excluding hydrogens is 324 g/mol. The molecule has 142 valence electrons. The second kappa shape index (κ2) is 9.01. The molecule has 0 aromatic carbocycles. The predicted molar refractivity (Wildman–Crippen MR) is 106 cm³/mol. The highest BCUT2D eigenvalue weighted by Crippen LogP contribution is 2.29. The van der Waals surface area contributed by atoms with E-state index in [0.29, 0.717) is 12.6 Å². The van der Waals surface area contributed by atoms with Gasteiger partial charge in [0.15, 0.2) is 11.6 Å². The number of aliphatic imine (C=N–C) groups is 1. The van der Waals surface area contributed by atoms with Crippen molar-refractivity contribution in [1.29, 1.82) is 0 Å². The molecule has 0 unspecified atom stereocenters.